The summed E-state index contributed by atoms with van der Waals surface area (Å²) in [6.07, 6.45) is 3.08. The van der Waals surface area contributed by atoms with Gasteiger partial charge in [-0.05, 0) is 60.2 Å². The van der Waals surface area contributed by atoms with Crippen molar-refractivity contribution in [3.63, 3.8) is 0 Å². The molecule has 32 heavy (non-hydrogen) atoms. The van der Waals surface area contributed by atoms with E-state index in [1.165, 1.54) is 11.0 Å². The molecule has 0 spiro atoms. The van der Waals surface area contributed by atoms with Crippen molar-refractivity contribution in [2.24, 2.45) is 5.92 Å². The second kappa shape index (κ2) is 7.62. The standard InChI is InChI=1S/C24H23F2N3O3/c1-13-7-15(32-2)3-4-16(13)17-8-14-9-21(17)29(10-14)22(30)12-28-11-18-20(27-24(28)31)6-5-19(25)23(18)26/h3-8,14,21H,9-12H2,1-2H3,(H,27,31)/t14-,21-/m0/s1. The third-order valence-electron chi connectivity index (χ3n) is 6.57. The van der Waals surface area contributed by atoms with Gasteiger partial charge in [-0.25, -0.2) is 13.6 Å². The highest BCUT2D eigenvalue weighted by molar-refractivity contribution is 5.95. The lowest BCUT2D eigenvalue weighted by Crippen LogP contribution is -2.48. The lowest BCUT2D eigenvalue weighted by Gasteiger charge is -2.33. The summed E-state index contributed by atoms with van der Waals surface area (Å²) in [4.78, 5) is 28.6. The smallest absolute Gasteiger partial charge is 0.322 e. The van der Waals surface area contributed by atoms with Crippen molar-refractivity contribution in [1.29, 1.82) is 0 Å². The molecule has 3 amide bonds. The number of carbonyl (C=O) groups excluding carboxylic acids is 2. The summed E-state index contributed by atoms with van der Waals surface area (Å²) in [6.45, 7) is 2.26. The molecule has 2 atom stereocenters. The second-order valence-corrected chi connectivity index (χ2v) is 8.53. The van der Waals surface area contributed by atoms with Gasteiger partial charge in [-0.2, -0.15) is 0 Å². The van der Waals surface area contributed by atoms with E-state index in [1.807, 2.05) is 25.1 Å². The maximum absolute atomic E-state index is 14.2. The number of hydrogen-bond donors (Lipinski definition) is 1. The molecule has 2 bridgehead atoms. The molecule has 3 aliphatic rings. The second-order valence-electron chi connectivity index (χ2n) is 8.53. The van der Waals surface area contributed by atoms with Crippen molar-refractivity contribution < 1.29 is 23.1 Å². The Morgan fingerprint density at radius 2 is 2.06 bits per heavy atom. The lowest BCUT2D eigenvalue weighted by molar-refractivity contribution is -0.132. The number of nitrogens with one attached hydrogen (secondary N) is 1. The minimum absolute atomic E-state index is 0.0507. The third kappa shape index (κ3) is 3.30. The van der Waals surface area contributed by atoms with Gasteiger partial charge in [0, 0.05) is 12.1 Å². The van der Waals surface area contributed by atoms with E-state index in [-0.39, 0.29) is 42.2 Å². The topological polar surface area (TPSA) is 61.9 Å². The number of halogens is 2. The summed E-state index contributed by atoms with van der Waals surface area (Å²) in [5, 5.41) is 2.55. The molecule has 166 valence electrons. The molecule has 2 aromatic carbocycles. The third-order valence-corrected chi connectivity index (χ3v) is 6.57. The summed E-state index contributed by atoms with van der Waals surface area (Å²) in [5.41, 5.74) is 3.54. The monoisotopic (exact) mass is 439 g/mol. The molecule has 0 radical (unpaired) electrons. The average molecular weight is 439 g/mol. The maximum Gasteiger partial charge on any atom is 0.322 e. The van der Waals surface area contributed by atoms with Crippen LogP contribution in [0, 0.1) is 24.5 Å². The van der Waals surface area contributed by atoms with Crippen LogP contribution in [0.2, 0.25) is 0 Å². The Morgan fingerprint density at radius 3 is 2.78 bits per heavy atom. The zero-order valence-corrected chi connectivity index (χ0v) is 17.8. The number of hydrogen-bond acceptors (Lipinski definition) is 3. The largest absolute Gasteiger partial charge is 0.497 e. The summed E-state index contributed by atoms with van der Waals surface area (Å²) >= 11 is 0. The van der Waals surface area contributed by atoms with Gasteiger partial charge in [-0.15, -0.1) is 0 Å². The number of benzene rings is 2. The molecule has 1 N–H and O–H groups in total. The minimum atomic E-state index is -1.000. The maximum atomic E-state index is 14.2. The number of aryl methyl sites for hydroxylation is 1. The van der Waals surface area contributed by atoms with E-state index >= 15 is 0 Å². The van der Waals surface area contributed by atoms with Crippen LogP contribution in [0.3, 0.4) is 0 Å². The number of nitrogens with zero attached hydrogens (tertiary/aromatic N) is 2. The van der Waals surface area contributed by atoms with Gasteiger partial charge in [0.15, 0.2) is 11.6 Å². The molecule has 1 aliphatic carbocycles. The SMILES string of the molecule is COc1ccc(C2=C[C@H]3C[C@@H]2N(C(=O)CN2Cc4c(ccc(F)c4F)NC2=O)C3)c(C)c1. The molecular formula is C24H23F2N3O3. The quantitative estimate of drug-likeness (QED) is 0.785. The van der Waals surface area contributed by atoms with Crippen molar-refractivity contribution in [2.45, 2.75) is 25.9 Å². The highest BCUT2D eigenvalue weighted by Gasteiger charge is 2.43. The fraction of sp³-hybridized carbons (Fsp3) is 0.333. The van der Waals surface area contributed by atoms with E-state index in [0.717, 1.165) is 34.9 Å². The van der Waals surface area contributed by atoms with Crippen LogP contribution in [-0.2, 0) is 11.3 Å². The van der Waals surface area contributed by atoms with E-state index in [9.17, 15) is 18.4 Å². The number of carbonyl (C=O) groups is 2. The highest BCUT2D eigenvalue weighted by atomic mass is 19.2. The molecule has 6 nitrogen and oxygen atoms in total. The van der Waals surface area contributed by atoms with Gasteiger partial charge in [0.05, 0.1) is 25.4 Å². The van der Waals surface area contributed by atoms with Gasteiger partial charge < -0.3 is 19.9 Å². The van der Waals surface area contributed by atoms with Crippen molar-refractivity contribution in [3.8, 4) is 5.75 Å². The van der Waals surface area contributed by atoms with E-state index < -0.39 is 17.7 Å². The van der Waals surface area contributed by atoms with Gasteiger partial charge >= 0.3 is 6.03 Å². The van der Waals surface area contributed by atoms with Crippen molar-refractivity contribution in [3.05, 3.63) is 64.7 Å². The van der Waals surface area contributed by atoms with Crippen molar-refractivity contribution in [2.75, 3.05) is 25.5 Å². The molecular weight excluding hydrogens is 416 g/mol. The van der Waals surface area contributed by atoms with Crippen LogP contribution < -0.4 is 10.1 Å². The van der Waals surface area contributed by atoms with Crippen LogP contribution in [0.1, 0.15) is 23.1 Å². The van der Waals surface area contributed by atoms with E-state index in [4.69, 9.17) is 4.74 Å². The van der Waals surface area contributed by atoms with E-state index in [2.05, 4.69) is 11.4 Å². The molecule has 0 aromatic heterocycles. The number of amides is 3. The molecule has 1 saturated heterocycles. The molecule has 2 aliphatic heterocycles. The fourth-order valence-electron chi connectivity index (χ4n) is 4.98. The zero-order valence-electron chi connectivity index (χ0n) is 17.8. The summed E-state index contributed by atoms with van der Waals surface area (Å²) in [7, 11) is 1.63. The van der Waals surface area contributed by atoms with Crippen molar-refractivity contribution in [1.82, 2.24) is 9.80 Å². The molecule has 8 heteroatoms. The molecule has 5 rings (SSSR count). The van der Waals surface area contributed by atoms with Crippen molar-refractivity contribution >= 4 is 23.2 Å². The van der Waals surface area contributed by atoms with Gasteiger partial charge in [-0.3, -0.25) is 4.79 Å². The Balaban J connectivity index is 1.33. The summed E-state index contributed by atoms with van der Waals surface area (Å²) in [5.74, 6) is -1.14. The first-order valence-electron chi connectivity index (χ1n) is 10.5. The highest BCUT2D eigenvalue weighted by Crippen LogP contribution is 2.43. The zero-order chi connectivity index (χ0) is 22.6. The Labute approximate surface area is 184 Å². The number of ether oxygens (including phenoxy) is 1. The van der Waals surface area contributed by atoms with Crippen LogP contribution in [0.5, 0.6) is 5.75 Å². The van der Waals surface area contributed by atoms with Crippen LogP contribution in [0.15, 0.2) is 36.4 Å². The number of methoxy groups -OCH3 is 1. The van der Waals surface area contributed by atoms with Crippen LogP contribution in [0.25, 0.3) is 5.57 Å². The minimum Gasteiger partial charge on any atom is -0.497 e. The van der Waals surface area contributed by atoms with Gasteiger partial charge in [0.1, 0.15) is 12.3 Å². The van der Waals surface area contributed by atoms with E-state index in [0.29, 0.717) is 6.54 Å². The van der Waals surface area contributed by atoms with Gasteiger partial charge in [-0.1, -0.05) is 12.1 Å². The first-order valence-corrected chi connectivity index (χ1v) is 10.5. The predicted octanol–water partition coefficient (Wildman–Crippen LogP) is 3.94. The molecule has 0 unspecified atom stereocenters. The average Bonchev–Trinajstić information content (AvgIpc) is 3.38. The Bertz CT molecular complexity index is 1160. The number of fused-ring (bicyclic) bond motifs is 3. The number of rotatable bonds is 4. The van der Waals surface area contributed by atoms with E-state index in [1.54, 1.807) is 12.0 Å². The number of urea groups is 1. The van der Waals surface area contributed by atoms with Crippen LogP contribution >= 0.6 is 0 Å². The number of likely N-dealkylation sites (tertiary alicyclic amines) is 1. The Hall–Kier alpha value is -3.42. The predicted molar refractivity (Wildman–Crippen MR) is 115 cm³/mol. The Morgan fingerprint density at radius 1 is 1.25 bits per heavy atom. The number of anilines is 1. The van der Waals surface area contributed by atoms with Gasteiger partial charge in [0.2, 0.25) is 5.91 Å². The first kappa shape index (κ1) is 20.5. The molecule has 1 fully saturated rings. The molecule has 2 heterocycles. The molecule has 0 saturated carbocycles. The van der Waals surface area contributed by atoms with Crippen LogP contribution in [0.4, 0.5) is 19.3 Å². The first-order chi connectivity index (χ1) is 15.4. The fourth-order valence-corrected chi connectivity index (χ4v) is 4.98. The van der Waals surface area contributed by atoms with Gasteiger partial charge in [0.25, 0.3) is 0 Å². The lowest BCUT2D eigenvalue weighted by atomic mass is 9.95. The summed E-state index contributed by atoms with van der Waals surface area (Å²) < 4.78 is 33.1. The summed E-state index contributed by atoms with van der Waals surface area (Å²) in [6, 6.07) is 7.64. The van der Waals surface area contributed by atoms with Crippen LogP contribution in [-0.4, -0.2) is 48.0 Å². The Kier molecular flexibility index (Phi) is 4.87. The normalized spacial score (nSPS) is 21.4. The molecule has 2 aromatic rings.